The van der Waals surface area contributed by atoms with E-state index in [9.17, 15) is 13.6 Å². The van der Waals surface area contributed by atoms with Gasteiger partial charge in [-0.15, -0.1) is 0 Å². The Balaban J connectivity index is 1.31. The van der Waals surface area contributed by atoms with E-state index in [1.165, 1.54) is 5.56 Å². The molecule has 0 aliphatic carbocycles. The first-order valence-electron chi connectivity index (χ1n) is 9.82. The van der Waals surface area contributed by atoms with Gasteiger partial charge in [-0.2, -0.15) is 0 Å². The molecule has 0 atom stereocenters. The third-order valence-corrected chi connectivity index (χ3v) is 5.17. The Labute approximate surface area is 167 Å². The number of nitrogens with zero attached hydrogens (tertiary/aromatic N) is 3. The van der Waals surface area contributed by atoms with E-state index in [4.69, 9.17) is 0 Å². The van der Waals surface area contributed by atoms with Gasteiger partial charge in [-0.25, -0.2) is 18.7 Å². The van der Waals surface area contributed by atoms with Crippen LogP contribution in [0.25, 0.3) is 11.0 Å². The van der Waals surface area contributed by atoms with Crippen LogP contribution in [0.3, 0.4) is 0 Å². The van der Waals surface area contributed by atoms with E-state index in [2.05, 4.69) is 26.7 Å². The molecule has 0 fully saturated rings. The number of benzene rings is 1. The molecule has 2 aromatic heterocycles. The van der Waals surface area contributed by atoms with Gasteiger partial charge in [-0.1, -0.05) is 6.07 Å². The van der Waals surface area contributed by atoms with Crippen molar-refractivity contribution in [1.82, 2.24) is 19.9 Å². The third-order valence-electron chi connectivity index (χ3n) is 5.17. The number of anilines is 1. The standard InChI is InChI=1S/C21H23F2N5O/c1-13-26-18-10-16(22)17(23)11-19(18)28(13)12-20(29)24-8-3-5-15-7-6-14-4-2-9-25-21(14)27-15/h6-7,10-11H,2-5,8-9,12H2,1H3,(H,24,29)(H,25,27). The number of nitrogens with one attached hydrogen (secondary N) is 2. The lowest BCUT2D eigenvalue weighted by Gasteiger charge is -2.17. The molecule has 2 N–H and O–H groups in total. The van der Waals surface area contributed by atoms with Crippen LogP contribution >= 0.6 is 0 Å². The Kier molecular flexibility index (Phi) is 5.42. The summed E-state index contributed by atoms with van der Waals surface area (Å²) >= 11 is 0. The number of fused-ring (bicyclic) bond motifs is 2. The SMILES string of the molecule is Cc1nc2cc(F)c(F)cc2n1CC(=O)NCCCc1ccc2c(n1)NCCC2. The Bertz CT molecular complexity index is 1060. The van der Waals surface area contributed by atoms with Crippen molar-refractivity contribution in [3.8, 4) is 0 Å². The Morgan fingerprint density at radius 1 is 1.24 bits per heavy atom. The number of carbonyl (C=O) groups is 1. The molecule has 29 heavy (non-hydrogen) atoms. The molecule has 3 aromatic rings. The Hall–Kier alpha value is -3.03. The van der Waals surface area contributed by atoms with Gasteiger partial charge in [-0.05, 0) is 44.2 Å². The number of halogens is 2. The van der Waals surface area contributed by atoms with E-state index in [1.807, 2.05) is 6.07 Å². The maximum atomic E-state index is 13.6. The first kappa shape index (κ1) is 19.3. The van der Waals surface area contributed by atoms with Crippen LogP contribution in [0.2, 0.25) is 0 Å². The van der Waals surface area contributed by atoms with Crippen LogP contribution in [0.1, 0.15) is 29.9 Å². The monoisotopic (exact) mass is 399 g/mol. The summed E-state index contributed by atoms with van der Waals surface area (Å²) < 4.78 is 28.5. The summed E-state index contributed by atoms with van der Waals surface area (Å²) in [7, 11) is 0. The van der Waals surface area contributed by atoms with Crippen molar-refractivity contribution >= 4 is 22.8 Å². The van der Waals surface area contributed by atoms with E-state index in [0.29, 0.717) is 23.4 Å². The van der Waals surface area contributed by atoms with Crippen molar-refractivity contribution in [2.75, 3.05) is 18.4 Å². The summed E-state index contributed by atoms with van der Waals surface area (Å²) in [5.41, 5.74) is 3.00. The molecule has 6 nitrogen and oxygen atoms in total. The quantitative estimate of drug-likeness (QED) is 0.625. The number of rotatable bonds is 6. The van der Waals surface area contributed by atoms with Crippen molar-refractivity contribution in [3.63, 3.8) is 0 Å². The topological polar surface area (TPSA) is 71.8 Å². The highest BCUT2D eigenvalue weighted by Crippen LogP contribution is 2.21. The van der Waals surface area contributed by atoms with Crippen LogP contribution in [0, 0.1) is 18.6 Å². The van der Waals surface area contributed by atoms with E-state index in [1.54, 1.807) is 11.5 Å². The lowest BCUT2D eigenvalue weighted by Crippen LogP contribution is -2.29. The summed E-state index contributed by atoms with van der Waals surface area (Å²) in [6, 6.07) is 6.29. The van der Waals surface area contributed by atoms with Gasteiger partial charge in [0.2, 0.25) is 5.91 Å². The van der Waals surface area contributed by atoms with Crippen molar-refractivity contribution < 1.29 is 13.6 Å². The fourth-order valence-corrected chi connectivity index (χ4v) is 3.65. The summed E-state index contributed by atoms with van der Waals surface area (Å²) in [4.78, 5) is 21.2. The molecule has 0 spiro atoms. The zero-order chi connectivity index (χ0) is 20.4. The maximum absolute atomic E-state index is 13.6. The minimum atomic E-state index is -0.953. The third kappa shape index (κ3) is 4.21. The number of carbonyl (C=O) groups excluding carboxylic acids is 1. The minimum Gasteiger partial charge on any atom is -0.370 e. The molecule has 0 bridgehead atoms. The van der Waals surface area contributed by atoms with E-state index in [-0.39, 0.29) is 12.5 Å². The predicted molar refractivity (Wildman–Crippen MR) is 107 cm³/mol. The van der Waals surface area contributed by atoms with Crippen LogP contribution in [-0.2, 0) is 24.2 Å². The smallest absolute Gasteiger partial charge is 0.240 e. The molecule has 1 aliphatic rings. The van der Waals surface area contributed by atoms with E-state index < -0.39 is 11.6 Å². The van der Waals surface area contributed by atoms with Crippen molar-refractivity contribution in [2.24, 2.45) is 0 Å². The lowest BCUT2D eigenvalue weighted by molar-refractivity contribution is -0.121. The fourth-order valence-electron chi connectivity index (χ4n) is 3.65. The number of aryl methyl sites for hydroxylation is 3. The second kappa shape index (κ2) is 8.14. The van der Waals surface area contributed by atoms with Gasteiger partial charge in [0.25, 0.3) is 0 Å². The number of pyridine rings is 1. The van der Waals surface area contributed by atoms with Crippen LogP contribution in [0.5, 0.6) is 0 Å². The summed E-state index contributed by atoms with van der Waals surface area (Å²) in [5.74, 6) is -0.587. The normalized spacial score (nSPS) is 13.2. The van der Waals surface area contributed by atoms with Gasteiger partial charge in [0, 0.05) is 30.9 Å². The molecule has 0 radical (unpaired) electrons. The van der Waals surface area contributed by atoms with Crippen molar-refractivity contribution in [1.29, 1.82) is 0 Å². The first-order valence-corrected chi connectivity index (χ1v) is 9.82. The number of hydrogen-bond acceptors (Lipinski definition) is 4. The van der Waals surface area contributed by atoms with Crippen LogP contribution in [0.15, 0.2) is 24.3 Å². The van der Waals surface area contributed by atoms with E-state index in [0.717, 1.165) is 55.9 Å². The number of imidazole rings is 1. The highest BCUT2D eigenvalue weighted by molar-refractivity contribution is 5.81. The van der Waals surface area contributed by atoms with Gasteiger partial charge in [0.05, 0.1) is 11.0 Å². The molecular formula is C21H23F2N5O. The zero-order valence-corrected chi connectivity index (χ0v) is 16.3. The van der Waals surface area contributed by atoms with Gasteiger partial charge < -0.3 is 15.2 Å². The van der Waals surface area contributed by atoms with Crippen molar-refractivity contribution in [3.05, 3.63) is 53.0 Å². The molecule has 1 aromatic carbocycles. The average Bonchev–Trinajstić information content (AvgIpc) is 3.00. The Morgan fingerprint density at radius 2 is 2.07 bits per heavy atom. The molecular weight excluding hydrogens is 376 g/mol. The molecule has 1 aliphatic heterocycles. The van der Waals surface area contributed by atoms with Gasteiger partial charge in [0.1, 0.15) is 18.2 Å². The molecule has 8 heteroatoms. The van der Waals surface area contributed by atoms with Crippen LogP contribution in [-0.4, -0.2) is 33.5 Å². The average molecular weight is 399 g/mol. The summed E-state index contributed by atoms with van der Waals surface area (Å²) in [5, 5.41) is 6.20. The predicted octanol–water partition coefficient (Wildman–Crippen LogP) is 3.13. The molecule has 0 saturated heterocycles. The highest BCUT2D eigenvalue weighted by atomic mass is 19.2. The summed E-state index contributed by atoms with van der Waals surface area (Å²) in [6.45, 7) is 3.19. The largest absolute Gasteiger partial charge is 0.370 e. The molecule has 3 heterocycles. The number of hydrogen-bond donors (Lipinski definition) is 2. The minimum absolute atomic E-state index is 0.00835. The molecule has 0 saturated carbocycles. The molecule has 4 rings (SSSR count). The van der Waals surface area contributed by atoms with Gasteiger partial charge >= 0.3 is 0 Å². The van der Waals surface area contributed by atoms with E-state index >= 15 is 0 Å². The summed E-state index contributed by atoms with van der Waals surface area (Å²) in [6.07, 6.45) is 3.73. The molecule has 152 valence electrons. The van der Waals surface area contributed by atoms with Gasteiger partial charge in [0.15, 0.2) is 11.6 Å². The first-order chi connectivity index (χ1) is 14.0. The number of aromatic nitrogens is 3. The Morgan fingerprint density at radius 3 is 2.93 bits per heavy atom. The van der Waals surface area contributed by atoms with Crippen LogP contribution in [0.4, 0.5) is 14.6 Å². The second-order valence-corrected chi connectivity index (χ2v) is 7.29. The lowest BCUT2D eigenvalue weighted by atomic mass is 10.1. The fraction of sp³-hybridized carbons (Fsp3) is 0.381. The van der Waals surface area contributed by atoms with Crippen molar-refractivity contribution in [2.45, 2.75) is 39.2 Å². The molecule has 0 unspecified atom stereocenters. The second-order valence-electron chi connectivity index (χ2n) is 7.29. The maximum Gasteiger partial charge on any atom is 0.240 e. The number of amides is 1. The molecule has 1 amide bonds. The van der Waals surface area contributed by atoms with Gasteiger partial charge in [-0.3, -0.25) is 4.79 Å². The highest BCUT2D eigenvalue weighted by Gasteiger charge is 2.14. The van der Waals surface area contributed by atoms with Crippen LogP contribution < -0.4 is 10.6 Å². The zero-order valence-electron chi connectivity index (χ0n) is 16.3.